The number of rotatable bonds is 8. The Hall–Kier alpha value is -2.44. The van der Waals surface area contributed by atoms with Gasteiger partial charge in [0.1, 0.15) is 24.2 Å². The van der Waals surface area contributed by atoms with E-state index in [4.69, 9.17) is 9.47 Å². The van der Waals surface area contributed by atoms with Gasteiger partial charge >= 0.3 is 5.97 Å². The number of carbonyl (C=O) groups excluding carboxylic acids is 1. The third kappa shape index (κ3) is 5.18. The molecule has 0 saturated carbocycles. The van der Waals surface area contributed by atoms with Gasteiger partial charge in [-0.25, -0.2) is 4.39 Å². The molecule has 0 spiro atoms. The van der Waals surface area contributed by atoms with Crippen molar-refractivity contribution in [2.75, 3.05) is 26.8 Å². The van der Waals surface area contributed by atoms with Crippen LogP contribution in [0.3, 0.4) is 0 Å². The molecule has 3 atom stereocenters. The van der Waals surface area contributed by atoms with Crippen molar-refractivity contribution in [1.29, 1.82) is 0 Å². The highest BCUT2D eigenvalue weighted by atomic mass is 19.1. The average Bonchev–Trinajstić information content (AvgIpc) is 3.16. The molecule has 1 aliphatic rings. The molecule has 3 rings (SSSR count). The lowest BCUT2D eigenvalue weighted by Crippen LogP contribution is -2.44. The molecule has 2 aromatic rings. The van der Waals surface area contributed by atoms with Crippen LogP contribution in [0.2, 0.25) is 0 Å². The van der Waals surface area contributed by atoms with Gasteiger partial charge in [-0.05, 0) is 41.3 Å². The summed E-state index contributed by atoms with van der Waals surface area (Å²) in [4.78, 5) is 15.0. The largest absolute Gasteiger partial charge is 0.497 e. The number of halogens is 1. The van der Waals surface area contributed by atoms with E-state index in [1.54, 1.807) is 13.2 Å². The monoisotopic (exact) mass is 415 g/mol. The summed E-state index contributed by atoms with van der Waals surface area (Å²) < 4.78 is 24.5. The van der Waals surface area contributed by atoms with Crippen molar-refractivity contribution in [3.05, 3.63) is 65.5 Å². The van der Waals surface area contributed by atoms with Crippen molar-refractivity contribution >= 4 is 5.97 Å². The van der Waals surface area contributed by atoms with Gasteiger partial charge in [-0.3, -0.25) is 9.69 Å². The maximum atomic E-state index is 13.7. The number of ether oxygens (including phenoxy) is 2. The molecule has 2 aromatic carbocycles. The zero-order valence-electron chi connectivity index (χ0n) is 17.8. The predicted octanol–water partition coefficient (Wildman–Crippen LogP) is 3.61. The van der Waals surface area contributed by atoms with Gasteiger partial charge in [0, 0.05) is 31.5 Å². The van der Waals surface area contributed by atoms with Gasteiger partial charge in [-0.15, -0.1) is 0 Å². The summed E-state index contributed by atoms with van der Waals surface area (Å²) in [5.74, 6) is 0.141. The van der Waals surface area contributed by atoms with Gasteiger partial charge in [0.25, 0.3) is 0 Å². The fourth-order valence-corrected chi connectivity index (χ4v) is 4.24. The summed E-state index contributed by atoms with van der Waals surface area (Å²) in [5, 5.41) is 9.89. The molecule has 1 N–H and O–H groups in total. The van der Waals surface area contributed by atoms with Crippen LogP contribution >= 0.6 is 0 Å². The first-order chi connectivity index (χ1) is 14.4. The van der Waals surface area contributed by atoms with Crippen LogP contribution < -0.4 is 4.74 Å². The third-order valence-corrected chi connectivity index (χ3v) is 5.79. The van der Waals surface area contributed by atoms with Crippen LogP contribution in [-0.2, 0) is 16.1 Å². The summed E-state index contributed by atoms with van der Waals surface area (Å²) in [6, 6.07) is 13.5. The number of hydrogen-bond acceptors (Lipinski definition) is 5. The van der Waals surface area contributed by atoms with Crippen LogP contribution in [0.25, 0.3) is 0 Å². The summed E-state index contributed by atoms with van der Waals surface area (Å²) in [5.41, 5.74) is 1.74. The van der Waals surface area contributed by atoms with E-state index in [-0.39, 0.29) is 42.8 Å². The van der Waals surface area contributed by atoms with Gasteiger partial charge in [0.05, 0.1) is 7.11 Å². The number of hydrogen-bond donors (Lipinski definition) is 1. The highest BCUT2D eigenvalue weighted by Crippen LogP contribution is 2.35. The Morgan fingerprint density at radius 3 is 2.53 bits per heavy atom. The number of benzene rings is 2. The van der Waals surface area contributed by atoms with E-state index in [1.807, 2.05) is 44.2 Å². The van der Waals surface area contributed by atoms with Crippen LogP contribution in [0.4, 0.5) is 4.39 Å². The first-order valence-corrected chi connectivity index (χ1v) is 10.3. The van der Waals surface area contributed by atoms with Crippen LogP contribution in [0, 0.1) is 17.7 Å². The molecular weight excluding hydrogens is 385 g/mol. The zero-order valence-corrected chi connectivity index (χ0v) is 17.8. The summed E-state index contributed by atoms with van der Waals surface area (Å²) >= 11 is 0. The molecule has 0 aliphatic carbocycles. The number of likely N-dealkylation sites (tertiary alicyclic amines) is 1. The molecule has 6 heteroatoms. The van der Waals surface area contributed by atoms with Crippen LogP contribution in [0.5, 0.6) is 5.75 Å². The van der Waals surface area contributed by atoms with E-state index in [2.05, 4.69) is 4.90 Å². The molecule has 1 fully saturated rings. The first kappa shape index (κ1) is 22.2. The van der Waals surface area contributed by atoms with Gasteiger partial charge < -0.3 is 14.6 Å². The van der Waals surface area contributed by atoms with Crippen molar-refractivity contribution in [2.45, 2.75) is 32.4 Å². The minimum atomic E-state index is -0.421. The van der Waals surface area contributed by atoms with E-state index < -0.39 is 6.04 Å². The normalized spacial score (nSPS) is 20.3. The van der Waals surface area contributed by atoms with Crippen LogP contribution in [0.1, 0.15) is 30.9 Å². The molecular formula is C24H30FNO4. The second-order valence-corrected chi connectivity index (χ2v) is 8.20. The Bertz CT molecular complexity index is 839. The molecule has 30 heavy (non-hydrogen) atoms. The number of esters is 1. The molecule has 0 aromatic heterocycles. The van der Waals surface area contributed by atoms with Crippen molar-refractivity contribution in [2.24, 2.45) is 11.8 Å². The first-order valence-electron chi connectivity index (χ1n) is 10.3. The average molecular weight is 416 g/mol. The van der Waals surface area contributed by atoms with Crippen molar-refractivity contribution in [1.82, 2.24) is 4.90 Å². The number of aliphatic hydroxyl groups excluding tert-OH is 1. The number of nitrogens with zero attached hydrogens (tertiary/aromatic N) is 1. The van der Waals surface area contributed by atoms with E-state index in [0.717, 1.165) is 16.9 Å². The molecule has 0 amide bonds. The standard InChI is InChI=1S/C24H30FNO4/c1-16(2)23(24(28)30-15-17-7-9-21(29-3)10-8-17)26-12-19(14-27)22(13-26)18-5-4-6-20(25)11-18/h4-11,16,19,22-23,27H,12-15H2,1-3H3/t19-,22+,23+/m0/s1. The minimum Gasteiger partial charge on any atom is -0.497 e. The zero-order chi connectivity index (χ0) is 21.7. The van der Waals surface area contributed by atoms with Crippen molar-refractivity contribution < 1.29 is 23.8 Å². The van der Waals surface area contributed by atoms with Gasteiger partial charge in [-0.1, -0.05) is 38.1 Å². The molecule has 1 heterocycles. The molecule has 0 radical (unpaired) electrons. The highest BCUT2D eigenvalue weighted by Gasteiger charge is 2.40. The minimum absolute atomic E-state index is 0.0105. The Labute approximate surface area is 177 Å². The summed E-state index contributed by atoms with van der Waals surface area (Å²) in [6.07, 6.45) is 0. The number of aliphatic hydroxyl groups is 1. The third-order valence-electron chi connectivity index (χ3n) is 5.79. The SMILES string of the molecule is COc1ccc(COC(=O)[C@@H](C(C)C)N2C[C@@H](CO)[C@@H](c3cccc(F)c3)C2)cc1. The van der Waals surface area contributed by atoms with E-state index >= 15 is 0 Å². The Balaban J connectivity index is 1.69. The lowest BCUT2D eigenvalue weighted by molar-refractivity contribution is -0.153. The molecule has 0 bridgehead atoms. The summed E-state index contributed by atoms with van der Waals surface area (Å²) in [7, 11) is 1.61. The fraction of sp³-hybridized carbons (Fsp3) is 0.458. The maximum Gasteiger partial charge on any atom is 0.323 e. The number of methoxy groups -OCH3 is 1. The molecule has 1 saturated heterocycles. The van der Waals surface area contributed by atoms with E-state index in [1.165, 1.54) is 12.1 Å². The van der Waals surface area contributed by atoms with Crippen molar-refractivity contribution in [3.63, 3.8) is 0 Å². The molecule has 1 aliphatic heterocycles. The predicted molar refractivity (Wildman–Crippen MR) is 113 cm³/mol. The van der Waals surface area contributed by atoms with Crippen LogP contribution in [-0.4, -0.2) is 48.8 Å². The molecule has 0 unspecified atom stereocenters. The lowest BCUT2D eigenvalue weighted by Gasteiger charge is -2.29. The Morgan fingerprint density at radius 1 is 1.20 bits per heavy atom. The van der Waals surface area contributed by atoms with Crippen molar-refractivity contribution in [3.8, 4) is 5.75 Å². The van der Waals surface area contributed by atoms with Gasteiger partial charge in [0.2, 0.25) is 0 Å². The van der Waals surface area contributed by atoms with Gasteiger partial charge in [0.15, 0.2) is 0 Å². The Morgan fingerprint density at radius 2 is 1.93 bits per heavy atom. The van der Waals surface area contributed by atoms with Gasteiger partial charge in [-0.2, -0.15) is 0 Å². The highest BCUT2D eigenvalue weighted by molar-refractivity contribution is 5.76. The molecule has 162 valence electrons. The van der Waals surface area contributed by atoms with Crippen LogP contribution in [0.15, 0.2) is 48.5 Å². The topological polar surface area (TPSA) is 59.0 Å². The van der Waals surface area contributed by atoms with E-state index in [9.17, 15) is 14.3 Å². The van der Waals surface area contributed by atoms with E-state index in [0.29, 0.717) is 13.1 Å². The quantitative estimate of drug-likeness (QED) is 0.668. The fourth-order valence-electron chi connectivity index (χ4n) is 4.24. The smallest absolute Gasteiger partial charge is 0.323 e. The lowest BCUT2D eigenvalue weighted by atomic mass is 9.89. The second kappa shape index (κ2) is 10.0. The number of carbonyl (C=O) groups is 1. The Kier molecular flexibility index (Phi) is 7.45. The molecule has 5 nitrogen and oxygen atoms in total. The summed E-state index contributed by atoms with van der Waals surface area (Å²) in [6.45, 7) is 5.30. The maximum absolute atomic E-state index is 13.7. The second-order valence-electron chi connectivity index (χ2n) is 8.20.